The normalized spacial score (nSPS) is 20.2. The van der Waals surface area contributed by atoms with E-state index in [9.17, 15) is 4.79 Å². The molecule has 0 bridgehead atoms. The lowest BCUT2D eigenvalue weighted by molar-refractivity contribution is -0.00295. The molecule has 2 aromatic rings. The number of carbonyl (C=O) groups excluding carboxylic acids is 1. The first-order chi connectivity index (χ1) is 12.2. The molecule has 134 valence electrons. The average molecular weight is 344 g/mol. The number of amides is 1. The third kappa shape index (κ3) is 4.41. The van der Waals surface area contributed by atoms with Crippen LogP contribution < -0.4 is 10.1 Å². The zero-order valence-electron chi connectivity index (χ0n) is 14.3. The number of hydrogen-bond donors (Lipinski definition) is 3. The zero-order chi connectivity index (χ0) is 17.6. The van der Waals surface area contributed by atoms with Gasteiger partial charge < -0.3 is 24.9 Å². The number of hydrogen-bond acceptors (Lipinski definition) is 4. The number of aromatic amines is 1. The number of aryl methyl sites for hydroxylation is 1. The molecule has 1 fully saturated rings. The highest BCUT2D eigenvalue weighted by molar-refractivity contribution is 5.92. The summed E-state index contributed by atoms with van der Waals surface area (Å²) in [6.07, 6.45) is 1.41. The molecule has 0 aliphatic carbocycles. The topological polar surface area (TPSA) is 83.6 Å². The molecule has 1 amide bonds. The van der Waals surface area contributed by atoms with Gasteiger partial charge in [0.15, 0.2) is 0 Å². The Balaban J connectivity index is 1.64. The minimum Gasteiger partial charge on any atom is -0.488 e. The molecule has 0 radical (unpaired) electrons. The Morgan fingerprint density at radius 1 is 1.32 bits per heavy atom. The van der Waals surface area contributed by atoms with Gasteiger partial charge in [-0.1, -0.05) is 19.1 Å². The molecule has 2 atom stereocenters. The molecule has 2 heterocycles. The maximum atomic E-state index is 12.4. The van der Waals surface area contributed by atoms with Crippen molar-refractivity contribution < 1.29 is 19.4 Å². The van der Waals surface area contributed by atoms with E-state index in [0.29, 0.717) is 25.3 Å². The molecule has 1 aromatic carbocycles. The minimum absolute atomic E-state index is 0.00608. The number of ether oxygens (including phenoxy) is 2. The first-order valence-corrected chi connectivity index (χ1v) is 8.62. The predicted molar refractivity (Wildman–Crippen MR) is 93.6 cm³/mol. The van der Waals surface area contributed by atoms with E-state index in [1.807, 2.05) is 37.3 Å². The maximum Gasteiger partial charge on any atom is 0.268 e. The second-order valence-electron chi connectivity index (χ2n) is 6.15. The van der Waals surface area contributed by atoms with E-state index in [2.05, 4.69) is 10.3 Å². The molecule has 1 aliphatic rings. The van der Waals surface area contributed by atoms with E-state index in [1.165, 1.54) is 0 Å². The van der Waals surface area contributed by atoms with Gasteiger partial charge in [0, 0.05) is 12.1 Å². The van der Waals surface area contributed by atoms with Crippen LogP contribution in [-0.4, -0.2) is 41.4 Å². The number of aliphatic hydroxyl groups is 1. The molecular formula is C19H24N2O4. The van der Waals surface area contributed by atoms with Gasteiger partial charge in [-0.05, 0) is 36.2 Å². The molecule has 0 spiro atoms. The minimum atomic E-state index is -0.216. The lowest BCUT2D eigenvalue weighted by Crippen LogP contribution is -2.51. The van der Waals surface area contributed by atoms with E-state index >= 15 is 0 Å². The molecule has 1 aliphatic heterocycles. The summed E-state index contributed by atoms with van der Waals surface area (Å²) in [5, 5.41) is 12.1. The largest absolute Gasteiger partial charge is 0.488 e. The zero-order valence-corrected chi connectivity index (χ0v) is 14.3. The van der Waals surface area contributed by atoms with Gasteiger partial charge in [-0.2, -0.15) is 0 Å². The molecule has 0 unspecified atom stereocenters. The Labute approximate surface area is 147 Å². The summed E-state index contributed by atoms with van der Waals surface area (Å²) in [4.78, 5) is 15.6. The van der Waals surface area contributed by atoms with Crippen LogP contribution in [-0.2, 0) is 17.8 Å². The van der Waals surface area contributed by atoms with Crippen LogP contribution in [0, 0.1) is 0 Å². The summed E-state index contributed by atoms with van der Waals surface area (Å²) < 4.78 is 11.6. The number of aliphatic hydroxyl groups excluding tert-OH is 1. The lowest BCUT2D eigenvalue weighted by Gasteiger charge is -2.32. The van der Waals surface area contributed by atoms with Crippen LogP contribution in [0.25, 0.3) is 0 Å². The van der Waals surface area contributed by atoms with E-state index in [0.717, 1.165) is 23.4 Å². The Morgan fingerprint density at radius 2 is 2.12 bits per heavy atom. The van der Waals surface area contributed by atoms with Crippen molar-refractivity contribution in [3.05, 3.63) is 53.3 Å². The van der Waals surface area contributed by atoms with Crippen molar-refractivity contribution in [2.75, 3.05) is 13.2 Å². The van der Waals surface area contributed by atoms with Crippen LogP contribution in [0.3, 0.4) is 0 Å². The number of aromatic nitrogens is 1. The van der Waals surface area contributed by atoms with E-state index in [-0.39, 0.29) is 24.7 Å². The highest BCUT2D eigenvalue weighted by Crippen LogP contribution is 2.19. The van der Waals surface area contributed by atoms with Crippen molar-refractivity contribution in [3.8, 4) is 5.75 Å². The van der Waals surface area contributed by atoms with Gasteiger partial charge in [-0.3, -0.25) is 4.79 Å². The average Bonchev–Trinajstić information content (AvgIpc) is 3.13. The fourth-order valence-corrected chi connectivity index (χ4v) is 2.87. The van der Waals surface area contributed by atoms with Crippen molar-refractivity contribution in [3.63, 3.8) is 0 Å². The van der Waals surface area contributed by atoms with Gasteiger partial charge >= 0.3 is 0 Å². The third-order valence-electron chi connectivity index (χ3n) is 4.37. The van der Waals surface area contributed by atoms with E-state index < -0.39 is 0 Å². The molecular weight excluding hydrogens is 320 g/mol. The molecule has 1 saturated heterocycles. The SMILES string of the molecule is CCc1ccc(C(=O)N[C@@H]2COCC[C@H]2Oc2ccc(CO)cc2)[nH]1. The van der Waals surface area contributed by atoms with Crippen LogP contribution in [0.5, 0.6) is 5.75 Å². The van der Waals surface area contributed by atoms with Gasteiger partial charge in [0.05, 0.1) is 25.9 Å². The first-order valence-electron chi connectivity index (χ1n) is 8.62. The van der Waals surface area contributed by atoms with Crippen LogP contribution in [0.4, 0.5) is 0 Å². The van der Waals surface area contributed by atoms with Crippen LogP contribution in [0.15, 0.2) is 36.4 Å². The molecule has 3 N–H and O–H groups in total. The van der Waals surface area contributed by atoms with Crippen molar-refractivity contribution in [2.45, 2.75) is 38.5 Å². The maximum absolute atomic E-state index is 12.4. The summed E-state index contributed by atoms with van der Waals surface area (Å²) in [6.45, 7) is 3.07. The smallest absolute Gasteiger partial charge is 0.268 e. The van der Waals surface area contributed by atoms with Gasteiger partial charge in [0.25, 0.3) is 5.91 Å². The second-order valence-corrected chi connectivity index (χ2v) is 6.15. The molecule has 6 heteroatoms. The van der Waals surface area contributed by atoms with Crippen LogP contribution in [0.2, 0.25) is 0 Å². The summed E-state index contributed by atoms with van der Waals surface area (Å²) in [6, 6.07) is 10.8. The van der Waals surface area contributed by atoms with Crippen LogP contribution >= 0.6 is 0 Å². The Hall–Kier alpha value is -2.31. The molecule has 25 heavy (non-hydrogen) atoms. The summed E-state index contributed by atoms with van der Waals surface area (Å²) in [5.74, 6) is 0.566. The lowest BCUT2D eigenvalue weighted by atomic mass is 10.1. The monoisotopic (exact) mass is 344 g/mol. The fourth-order valence-electron chi connectivity index (χ4n) is 2.87. The standard InChI is InChI=1S/C19H24N2O4/c1-2-14-5-8-16(20-14)19(23)21-17-12-24-10-9-18(17)25-15-6-3-13(11-22)4-7-15/h3-8,17-18,20,22H,2,9-12H2,1H3,(H,21,23)/t17-,18-/m1/s1. The third-order valence-corrected chi connectivity index (χ3v) is 4.37. The number of nitrogens with one attached hydrogen (secondary N) is 2. The fraction of sp³-hybridized carbons (Fsp3) is 0.421. The molecule has 1 aromatic heterocycles. The quantitative estimate of drug-likeness (QED) is 0.749. The van der Waals surface area contributed by atoms with Gasteiger partial charge in [0.2, 0.25) is 0 Å². The van der Waals surface area contributed by atoms with E-state index in [4.69, 9.17) is 14.6 Å². The molecule has 0 saturated carbocycles. The highest BCUT2D eigenvalue weighted by Gasteiger charge is 2.29. The van der Waals surface area contributed by atoms with Crippen molar-refractivity contribution in [1.82, 2.24) is 10.3 Å². The predicted octanol–water partition coefficient (Wildman–Crippen LogP) is 2.04. The molecule has 3 rings (SSSR count). The van der Waals surface area contributed by atoms with Gasteiger partial charge in [0.1, 0.15) is 17.5 Å². The van der Waals surface area contributed by atoms with Crippen molar-refractivity contribution in [2.24, 2.45) is 0 Å². The highest BCUT2D eigenvalue weighted by atomic mass is 16.5. The summed E-state index contributed by atoms with van der Waals surface area (Å²) in [5.41, 5.74) is 2.41. The molecule has 6 nitrogen and oxygen atoms in total. The van der Waals surface area contributed by atoms with Gasteiger partial charge in [-0.15, -0.1) is 0 Å². The van der Waals surface area contributed by atoms with Crippen LogP contribution in [0.1, 0.15) is 35.1 Å². The number of carbonyl (C=O) groups is 1. The Bertz CT molecular complexity index is 696. The van der Waals surface area contributed by atoms with E-state index in [1.54, 1.807) is 6.07 Å². The summed E-state index contributed by atoms with van der Waals surface area (Å²) >= 11 is 0. The Morgan fingerprint density at radius 3 is 2.80 bits per heavy atom. The van der Waals surface area contributed by atoms with Crippen molar-refractivity contribution >= 4 is 5.91 Å². The Kier molecular flexibility index (Phi) is 5.73. The number of benzene rings is 1. The first kappa shape index (κ1) is 17.5. The summed E-state index contributed by atoms with van der Waals surface area (Å²) in [7, 11) is 0. The number of rotatable bonds is 6. The van der Waals surface area contributed by atoms with Gasteiger partial charge in [-0.25, -0.2) is 0 Å². The number of H-pyrrole nitrogens is 1. The van der Waals surface area contributed by atoms with Crippen molar-refractivity contribution in [1.29, 1.82) is 0 Å². The second kappa shape index (κ2) is 8.18.